The topological polar surface area (TPSA) is 77.8 Å². The van der Waals surface area contributed by atoms with E-state index in [1.165, 1.54) is 38.2 Å². The van der Waals surface area contributed by atoms with Crippen LogP contribution in [0.3, 0.4) is 0 Å². The molecule has 3 atom stereocenters. The van der Waals surface area contributed by atoms with Crippen molar-refractivity contribution < 1.29 is 20.1 Å². The van der Waals surface area contributed by atoms with Crippen molar-refractivity contribution in [2.75, 3.05) is 0 Å². The number of carboxylic acid groups (broad SMARTS) is 1. The van der Waals surface area contributed by atoms with Crippen molar-refractivity contribution in [3.8, 4) is 0 Å². The fourth-order valence-electron chi connectivity index (χ4n) is 3.97. The number of hydrogen-bond acceptors (Lipinski definition) is 3. The molecule has 0 aromatic heterocycles. The minimum absolute atomic E-state index is 0.373. The maximum absolute atomic E-state index is 10.8. The summed E-state index contributed by atoms with van der Waals surface area (Å²) in [6.45, 7) is 6.42. The Balaban J connectivity index is 2.66. The summed E-state index contributed by atoms with van der Waals surface area (Å²) < 4.78 is 0. The number of aliphatic carboxylic acids is 1. The number of unbranched alkanes of at least 4 members (excludes halogenated alkanes) is 5. The van der Waals surface area contributed by atoms with Crippen molar-refractivity contribution in [3.63, 3.8) is 0 Å². The SMILES string of the molecule is CCCCCCCC=C[C@H]1C=C[C@H](CCC)[C@H]1CC(C)=C=CCC(O)(O)C(=O)O. The van der Waals surface area contributed by atoms with E-state index in [1.54, 1.807) is 0 Å². The zero-order valence-electron chi connectivity index (χ0n) is 18.4. The zero-order valence-corrected chi connectivity index (χ0v) is 18.4. The van der Waals surface area contributed by atoms with Crippen molar-refractivity contribution in [1.29, 1.82) is 0 Å². The fraction of sp³-hybridized carbons (Fsp3) is 0.680. The molecule has 29 heavy (non-hydrogen) atoms. The van der Waals surface area contributed by atoms with Crippen LogP contribution in [0.1, 0.15) is 85.0 Å². The molecule has 0 fully saturated rings. The number of hydrogen-bond donors (Lipinski definition) is 3. The Morgan fingerprint density at radius 3 is 2.48 bits per heavy atom. The van der Waals surface area contributed by atoms with Gasteiger partial charge in [0.25, 0.3) is 5.79 Å². The van der Waals surface area contributed by atoms with E-state index in [1.807, 2.05) is 6.92 Å². The predicted octanol–water partition coefficient (Wildman–Crippen LogP) is 5.77. The van der Waals surface area contributed by atoms with Crippen molar-refractivity contribution in [2.45, 2.75) is 90.8 Å². The Hall–Kier alpha value is -1.61. The molecule has 0 aromatic carbocycles. The summed E-state index contributed by atoms with van der Waals surface area (Å²) in [4.78, 5) is 10.8. The lowest BCUT2D eigenvalue weighted by molar-refractivity contribution is -0.201. The van der Waals surface area contributed by atoms with Crippen LogP contribution in [0.15, 0.2) is 41.7 Å². The monoisotopic (exact) mass is 404 g/mol. The molecule has 0 unspecified atom stereocenters. The highest BCUT2D eigenvalue weighted by molar-refractivity contribution is 5.75. The van der Waals surface area contributed by atoms with E-state index in [9.17, 15) is 15.0 Å². The molecular weight excluding hydrogens is 364 g/mol. The molecular formula is C25H40O4. The van der Waals surface area contributed by atoms with Gasteiger partial charge >= 0.3 is 5.97 Å². The molecule has 3 N–H and O–H groups in total. The molecule has 4 heteroatoms. The van der Waals surface area contributed by atoms with Gasteiger partial charge in [0.1, 0.15) is 0 Å². The second-order valence-corrected chi connectivity index (χ2v) is 8.37. The lowest BCUT2D eigenvalue weighted by Gasteiger charge is -2.23. The normalized spacial score (nSPS) is 21.5. The van der Waals surface area contributed by atoms with E-state index in [2.05, 4.69) is 43.9 Å². The zero-order chi connectivity index (χ0) is 21.7. The van der Waals surface area contributed by atoms with Crippen LogP contribution in [0.5, 0.6) is 0 Å². The third-order valence-electron chi connectivity index (χ3n) is 5.70. The summed E-state index contributed by atoms with van der Waals surface area (Å²) in [7, 11) is 0. The molecule has 0 amide bonds. The molecule has 0 spiro atoms. The van der Waals surface area contributed by atoms with Crippen LogP contribution in [0.2, 0.25) is 0 Å². The molecule has 0 saturated heterocycles. The van der Waals surface area contributed by atoms with Crippen LogP contribution in [0.4, 0.5) is 0 Å². The highest BCUT2D eigenvalue weighted by Gasteiger charge is 2.31. The van der Waals surface area contributed by atoms with Crippen molar-refractivity contribution in [2.24, 2.45) is 17.8 Å². The van der Waals surface area contributed by atoms with Gasteiger partial charge < -0.3 is 15.3 Å². The maximum Gasteiger partial charge on any atom is 0.364 e. The quantitative estimate of drug-likeness (QED) is 0.149. The lowest BCUT2D eigenvalue weighted by atomic mass is 9.81. The van der Waals surface area contributed by atoms with Gasteiger partial charge in [0.2, 0.25) is 0 Å². The Kier molecular flexibility index (Phi) is 11.9. The molecule has 0 aromatic rings. The Morgan fingerprint density at radius 2 is 1.83 bits per heavy atom. The summed E-state index contributed by atoms with van der Waals surface area (Å²) in [5.41, 5.74) is 4.07. The number of carbonyl (C=O) groups is 1. The average molecular weight is 405 g/mol. The highest BCUT2D eigenvalue weighted by Crippen LogP contribution is 2.38. The maximum atomic E-state index is 10.8. The first-order valence-electron chi connectivity index (χ1n) is 11.3. The summed E-state index contributed by atoms with van der Waals surface area (Å²) in [5.74, 6) is -2.91. The van der Waals surface area contributed by atoms with Gasteiger partial charge in [-0.2, -0.15) is 0 Å². The van der Waals surface area contributed by atoms with Crippen LogP contribution in [-0.2, 0) is 4.79 Å². The van der Waals surface area contributed by atoms with Crippen molar-refractivity contribution >= 4 is 5.97 Å². The Morgan fingerprint density at radius 1 is 1.10 bits per heavy atom. The van der Waals surface area contributed by atoms with Gasteiger partial charge in [0.15, 0.2) is 0 Å². The summed E-state index contributed by atoms with van der Waals surface area (Å²) >= 11 is 0. The van der Waals surface area contributed by atoms with Gasteiger partial charge in [-0.25, -0.2) is 4.79 Å². The lowest BCUT2D eigenvalue weighted by Crippen LogP contribution is -2.37. The third-order valence-corrected chi connectivity index (χ3v) is 5.70. The summed E-state index contributed by atoms with van der Waals surface area (Å²) in [6.07, 6.45) is 21.2. The number of allylic oxidation sites excluding steroid dienone is 4. The summed E-state index contributed by atoms with van der Waals surface area (Å²) in [5, 5.41) is 27.5. The number of aliphatic hydroxyl groups is 2. The third kappa shape index (κ3) is 9.62. The fourth-order valence-corrected chi connectivity index (χ4v) is 3.97. The molecule has 0 aliphatic heterocycles. The van der Waals surface area contributed by atoms with E-state index in [0.717, 1.165) is 31.3 Å². The van der Waals surface area contributed by atoms with Crippen LogP contribution in [-0.4, -0.2) is 27.1 Å². The molecule has 0 radical (unpaired) electrons. The standard InChI is InChI=1S/C25H40O4/c1-4-6-7-8-9-10-11-15-22-17-16-21(13-5-2)23(22)19-20(3)14-12-18-25(28,29)24(26)27/h11-12,15-17,21-23,28-29H,4-10,13,18-19H2,1-3H3,(H,26,27)/t14?,21-,22-,23+/m0/s1. The first kappa shape index (κ1) is 25.4. The van der Waals surface area contributed by atoms with Gasteiger partial charge in [-0.15, -0.1) is 5.73 Å². The second-order valence-electron chi connectivity index (χ2n) is 8.37. The van der Waals surface area contributed by atoms with Gasteiger partial charge in [0, 0.05) is 6.42 Å². The molecule has 0 heterocycles. The van der Waals surface area contributed by atoms with E-state index in [4.69, 9.17) is 5.11 Å². The van der Waals surface area contributed by atoms with E-state index < -0.39 is 11.8 Å². The van der Waals surface area contributed by atoms with Crippen LogP contribution < -0.4 is 0 Å². The Bertz CT molecular complexity index is 608. The van der Waals surface area contributed by atoms with E-state index in [0.29, 0.717) is 17.8 Å². The van der Waals surface area contributed by atoms with E-state index >= 15 is 0 Å². The van der Waals surface area contributed by atoms with Crippen molar-refractivity contribution in [3.05, 3.63) is 41.7 Å². The summed E-state index contributed by atoms with van der Waals surface area (Å²) in [6, 6.07) is 0. The van der Waals surface area contributed by atoms with Crippen LogP contribution in [0, 0.1) is 17.8 Å². The van der Waals surface area contributed by atoms with Gasteiger partial charge in [0.05, 0.1) is 0 Å². The van der Waals surface area contributed by atoms with E-state index in [-0.39, 0.29) is 6.42 Å². The van der Waals surface area contributed by atoms with Crippen LogP contribution >= 0.6 is 0 Å². The largest absolute Gasteiger partial charge is 0.477 e. The smallest absolute Gasteiger partial charge is 0.364 e. The van der Waals surface area contributed by atoms with Crippen molar-refractivity contribution in [1.82, 2.24) is 0 Å². The predicted molar refractivity (Wildman–Crippen MR) is 118 cm³/mol. The average Bonchev–Trinajstić information content (AvgIpc) is 3.02. The molecule has 0 saturated carbocycles. The molecule has 1 rings (SSSR count). The van der Waals surface area contributed by atoms with Gasteiger partial charge in [-0.05, 0) is 62.0 Å². The minimum Gasteiger partial charge on any atom is -0.477 e. The molecule has 1 aliphatic carbocycles. The molecule has 0 bridgehead atoms. The van der Waals surface area contributed by atoms with Crippen LogP contribution in [0.25, 0.3) is 0 Å². The second kappa shape index (κ2) is 13.6. The minimum atomic E-state index is -2.73. The molecule has 4 nitrogen and oxygen atoms in total. The first-order valence-corrected chi connectivity index (χ1v) is 11.3. The number of carboxylic acids is 1. The highest BCUT2D eigenvalue weighted by atomic mass is 16.5. The molecule has 1 aliphatic rings. The number of rotatable bonds is 14. The van der Waals surface area contributed by atoms with Gasteiger partial charge in [-0.3, -0.25) is 0 Å². The first-order chi connectivity index (χ1) is 13.8. The van der Waals surface area contributed by atoms with Gasteiger partial charge in [-0.1, -0.05) is 70.3 Å². The molecule has 164 valence electrons. The Labute approximate surface area is 176 Å².